The molecule has 3 aromatic rings. The van der Waals surface area contributed by atoms with Crippen LogP contribution in [0.1, 0.15) is 24.0 Å². The lowest BCUT2D eigenvalue weighted by atomic mass is 9.97. The number of piperidine rings is 1. The van der Waals surface area contributed by atoms with Crippen LogP contribution in [-0.4, -0.2) is 40.1 Å². The molecule has 0 aliphatic carbocycles. The number of aryl methyl sites for hydroxylation is 1. The van der Waals surface area contributed by atoms with Gasteiger partial charge in [0.2, 0.25) is 15.9 Å². The molecule has 0 aromatic heterocycles. The molecule has 196 valence electrons. The third kappa shape index (κ3) is 6.89. The number of anilines is 2. The molecule has 0 unspecified atom stereocenters. The van der Waals surface area contributed by atoms with E-state index in [1.54, 1.807) is 24.3 Å². The summed E-state index contributed by atoms with van der Waals surface area (Å²) in [4.78, 5) is 12.8. The standard InChI is InChI=1S/C26H28ClN3O5S2/c1-19-6-8-20(9-7-19)18-36(32,33)30-16-14-21(15-17-30)26(31)28-22-10-12-23(13-11-22)37(34,35)29-25-5-3-2-4-24(25)27/h2-13,21,29H,14-18H2,1H3,(H,28,31). The number of nitrogens with zero attached hydrogens (tertiary/aromatic N) is 1. The number of nitrogens with one attached hydrogen (secondary N) is 2. The molecule has 1 saturated heterocycles. The Balaban J connectivity index is 1.31. The van der Waals surface area contributed by atoms with Gasteiger partial charge < -0.3 is 5.32 Å². The van der Waals surface area contributed by atoms with Crippen molar-refractivity contribution in [2.45, 2.75) is 30.4 Å². The van der Waals surface area contributed by atoms with Crippen LogP contribution < -0.4 is 10.0 Å². The van der Waals surface area contributed by atoms with Crippen LogP contribution in [0, 0.1) is 12.8 Å². The van der Waals surface area contributed by atoms with Gasteiger partial charge in [-0.3, -0.25) is 9.52 Å². The van der Waals surface area contributed by atoms with Crippen molar-refractivity contribution in [3.63, 3.8) is 0 Å². The van der Waals surface area contributed by atoms with E-state index in [1.165, 1.54) is 28.6 Å². The van der Waals surface area contributed by atoms with Crippen molar-refractivity contribution >= 4 is 48.9 Å². The van der Waals surface area contributed by atoms with Gasteiger partial charge in [0, 0.05) is 24.7 Å². The summed E-state index contributed by atoms with van der Waals surface area (Å²) in [6.07, 6.45) is 0.820. The Bertz CT molecular complexity index is 1470. The van der Waals surface area contributed by atoms with Crippen molar-refractivity contribution in [2.24, 2.45) is 5.92 Å². The molecule has 0 radical (unpaired) electrons. The molecule has 37 heavy (non-hydrogen) atoms. The predicted octanol–water partition coefficient (Wildman–Crippen LogP) is 4.63. The van der Waals surface area contributed by atoms with Gasteiger partial charge in [0.25, 0.3) is 10.0 Å². The molecule has 3 aromatic carbocycles. The zero-order valence-corrected chi connectivity index (χ0v) is 22.6. The van der Waals surface area contributed by atoms with E-state index in [1.807, 2.05) is 31.2 Å². The summed E-state index contributed by atoms with van der Waals surface area (Å²) in [5.74, 6) is -0.624. The molecule has 2 N–H and O–H groups in total. The Kier molecular flexibility index (Phi) is 8.23. The van der Waals surface area contributed by atoms with Crippen LogP contribution in [0.2, 0.25) is 5.02 Å². The Morgan fingerprint density at radius 2 is 1.54 bits per heavy atom. The molecule has 0 saturated carbocycles. The highest BCUT2D eigenvalue weighted by molar-refractivity contribution is 7.92. The maximum Gasteiger partial charge on any atom is 0.261 e. The first-order valence-electron chi connectivity index (χ1n) is 11.8. The molecule has 4 rings (SSSR count). The molecule has 0 spiro atoms. The topological polar surface area (TPSA) is 113 Å². The minimum atomic E-state index is -3.86. The van der Waals surface area contributed by atoms with Crippen LogP contribution >= 0.6 is 11.6 Å². The van der Waals surface area contributed by atoms with E-state index in [0.29, 0.717) is 18.5 Å². The fourth-order valence-electron chi connectivity index (χ4n) is 4.09. The van der Waals surface area contributed by atoms with E-state index in [4.69, 9.17) is 11.6 Å². The summed E-state index contributed by atoms with van der Waals surface area (Å²) in [6.45, 7) is 2.50. The molecular formula is C26H28ClN3O5S2. The number of carbonyl (C=O) groups excluding carboxylic acids is 1. The van der Waals surface area contributed by atoms with Gasteiger partial charge >= 0.3 is 0 Å². The molecule has 1 aliphatic heterocycles. The van der Waals surface area contributed by atoms with Crippen LogP contribution in [0.3, 0.4) is 0 Å². The Morgan fingerprint density at radius 3 is 2.16 bits per heavy atom. The lowest BCUT2D eigenvalue weighted by Gasteiger charge is -2.30. The number of halogens is 1. The van der Waals surface area contributed by atoms with E-state index < -0.39 is 20.0 Å². The van der Waals surface area contributed by atoms with Crippen LogP contribution in [0.4, 0.5) is 11.4 Å². The van der Waals surface area contributed by atoms with Crippen molar-refractivity contribution in [1.82, 2.24) is 4.31 Å². The summed E-state index contributed by atoms with van der Waals surface area (Å²) in [5.41, 5.74) is 2.53. The molecule has 11 heteroatoms. The molecule has 1 amide bonds. The molecule has 0 bridgehead atoms. The zero-order valence-electron chi connectivity index (χ0n) is 20.2. The van der Waals surface area contributed by atoms with Gasteiger partial charge in [-0.1, -0.05) is 53.6 Å². The van der Waals surface area contributed by atoms with Crippen molar-refractivity contribution in [2.75, 3.05) is 23.1 Å². The lowest BCUT2D eigenvalue weighted by Crippen LogP contribution is -2.41. The Morgan fingerprint density at radius 1 is 0.919 bits per heavy atom. The van der Waals surface area contributed by atoms with Crippen molar-refractivity contribution in [1.29, 1.82) is 0 Å². The number of carbonyl (C=O) groups is 1. The highest BCUT2D eigenvalue weighted by Gasteiger charge is 2.31. The number of rotatable bonds is 8. The molecule has 1 aliphatic rings. The van der Waals surface area contributed by atoms with Gasteiger partial charge in [0.15, 0.2) is 0 Å². The second-order valence-corrected chi connectivity index (χ2v) is 13.1. The molecular weight excluding hydrogens is 534 g/mol. The van der Waals surface area contributed by atoms with E-state index in [2.05, 4.69) is 10.0 Å². The van der Waals surface area contributed by atoms with Crippen LogP contribution in [0.15, 0.2) is 77.7 Å². The minimum Gasteiger partial charge on any atom is -0.326 e. The van der Waals surface area contributed by atoms with Gasteiger partial charge in [0.1, 0.15) is 0 Å². The predicted molar refractivity (Wildman–Crippen MR) is 145 cm³/mol. The molecule has 8 nitrogen and oxygen atoms in total. The summed E-state index contributed by atoms with van der Waals surface area (Å²) in [5, 5.41) is 3.09. The summed E-state index contributed by atoms with van der Waals surface area (Å²) in [6, 6.07) is 19.8. The molecule has 1 heterocycles. The van der Waals surface area contributed by atoms with Gasteiger partial charge in [-0.2, -0.15) is 0 Å². The summed E-state index contributed by atoms with van der Waals surface area (Å²) in [7, 11) is -7.33. The fraction of sp³-hybridized carbons (Fsp3) is 0.269. The van der Waals surface area contributed by atoms with Gasteiger partial charge in [-0.25, -0.2) is 21.1 Å². The van der Waals surface area contributed by atoms with Gasteiger partial charge in [-0.15, -0.1) is 0 Å². The van der Waals surface area contributed by atoms with Gasteiger partial charge in [-0.05, 0) is 61.7 Å². The maximum atomic E-state index is 12.8. The number of benzene rings is 3. The van der Waals surface area contributed by atoms with Crippen molar-refractivity contribution in [3.8, 4) is 0 Å². The Labute approximate surface area is 222 Å². The SMILES string of the molecule is Cc1ccc(CS(=O)(=O)N2CCC(C(=O)Nc3ccc(S(=O)(=O)Nc4ccccc4Cl)cc3)CC2)cc1. The number of hydrogen-bond acceptors (Lipinski definition) is 5. The number of para-hydroxylation sites is 1. The van der Waals surface area contributed by atoms with Crippen LogP contribution in [0.25, 0.3) is 0 Å². The van der Waals surface area contributed by atoms with E-state index in [9.17, 15) is 21.6 Å². The highest BCUT2D eigenvalue weighted by Crippen LogP contribution is 2.26. The van der Waals surface area contributed by atoms with Crippen molar-refractivity contribution < 1.29 is 21.6 Å². The van der Waals surface area contributed by atoms with E-state index in [0.717, 1.165) is 11.1 Å². The average Bonchev–Trinajstić information content (AvgIpc) is 2.87. The normalized spacial score (nSPS) is 15.3. The zero-order chi connectivity index (χ0) is 26.6. The summed E-state index contributed by atoms with van der Waals surface area (Å²) < 4.78 is 54.9. The van der Waals surface area contributed by atoms with E-state index in [-0.39, 0.29) is 46.3 Å². The Hall–Kier alpha value is -2.92. The smallest absolute Gasteiger partial charge is 0.261 e. The first kappa shape index (κ1) is 27.1. The monoisotopic (exact) mass is 561 g/mol. The third-order valence-corrected chi connectivity index (χ3v) is 9.80. The van der Waals surface area contributed by atoms with Crippen molar-refractivity contribution in [3.05, 3.63) is 88.9 Å². The number of sulfonamides is 2. The fourth-order valence-corrected chi connectivity index (χ4v) is 6.97. The first-order chi connectivity index (χ1) is 17.5. The largest absolute Gasteiger partial charge is 0.326 e. The van der Waals surface area contributed by atoms with Crippen LogP contribution in [0.5, 0.6) is 0 Å². The maximum absolute atomic E-state index is 12.8. The second kappa shape index (κ2) is 11.2. The second-order valence-electron chi connectivity index (χ2n) is 9.01. The quantitative estimate of drug-likeness (QED) is 0.416. The van der Waals surface area contributed by atoms with E-state index >= 15 is 0 Å². The van der Waals surface area contributed by atoms with Crippen LogP contribution in [-0.2, 0) is 30.6 Å². The number of hydrogen-bond donors (Lipinski definition) is 2. The minimum absolute atomic E-state index is 0.0255. The molecule has 1 fully saturated rings. The lowest BCUT2D eigenvalue weighted by molar-refractivity contribution is -0.120. The summed E-state index contributed by atoms with van der Waals surface area (Å²) >= 11 is 6.04. The molecule has 0 atom stereocenters. The highest BCUT2D eigenvalue weighted by atomic mass is 35.5. The van der Waals surface area contributed by atoms with Gasteiger partial charge in [0.05, 0.1) is 21.4 Å². The third-order valence-electron chi connectivity index (χ3n) is 6.24. The first-order valence-corrected chi connectivity index (χ1v) is 15.2. The number of amides is 1. The average molecular weight is 562 g/mol.